The first kappa shape index (κ1) is 34.6. The highest BCUT2D eigenvalue weighted by Crippen LogP contribution is 2.42. The van der Waals surface area contributed by atoms with Gasteiger partial charge >= 0.3 is 6.09 Å². The van der Waals surface area contributed by atoms with Gasteiger partial charge in [-0.2, -0.15) is 0 Å². The van der Waals surface area contributed by atoms with Crippen LogP contribution in [0.1, 0.15) is 42.9 Å². The summed E-state index contributed by atoms with van der Waals surface area (Å²) in [4.78, 5) is 52.0. The maximum Gasteiger partial charge on any atom is 0.407 e. The molecular weight excluding hydrogens is 685 g/mol. The third kappa shape index (κ3) is 6.78. The fraction of sp³-hybridized carbons (Fsp3) is 0.286. The van der Waals surface area contributed by atoms with Crippen molar-refractivity contribution in [1.29, 1.82) is 0 Å². The van der Waals surface area contributed by atoms with E-state index in [1.807, 2.05) is 25.1 Å². The van der Waals surface area contributed by atoms with Crippen LogP contribution in [0.25, 0.3) is 39.3 Å². The molecule has 2 amide bonds. The lowest BCUT2D eigenvalue weighted by Crippen LogP contribution is -2.47. The molecule has 0 spiro atoms. The molecule has 1 aliphatic rings. The topological polar surface area (TPSA) is 152 Å². The van der Waals surface area contributed by atoms with Crippen molar-refractivity contribution in [2.24, 2.45) is 0 Å². The number of carbonyl (C=O) groups excluding carboxylic acids is 2. The number of piperidine rings is 1. The summed E-state index contributed by atoms with van der Waals surface area (Å²) in [6.07, 6.45) is 3.90. The molecule has 4 aromatic heterocycles. The average molecular weight is 719 g/mol. The summed E-state index contributed by atoms with van der Waals surface area (Å²) in [7, 11) is 1.48. The molecule has 0 bridgehead atoms. The van der Waals surface area contributed by atoms with Gasteiger partial charge in [-0.15, -0.1) is 5.10 Å². The predicted octanol–water partition coefficient (Wildman–Crippen LogP) is 6.54. The molecule has 0 unspecified atom stereocenters. The standard InChI is InChI=1S/C35H33Cl2N7O6/c1-4-50-28-16-22(18-44-33(28)40-29(19-45)41-44)32-31(37)25(10-13-38-32)24-6-5-7-26(30(24)36)27-9-8-21(34(39-27)49-3)17-43(35(47)48)23-11-14-42(15-12-23)20(2)46/h5-10,13,16,18-19,23H,4,11-12,14-15,17H2,1-3H3,(H,47,48). The van der Waals surface area contributed by atoms with Gasteiger partial charge in [-0.05, 0) is 44.0 Å². The van der Waals surface area contributed by atoms with Gasteiger partial charge in [-0.3, -0.25) is 14.6 Å². The number of aromatic nitrogens is 5. The Bertz CT molecular complexity index is 2100. The van der Waals surface area contributed by atoms with Gasteiger partial charge in [-0.1, -0.05) is 41.4 Å². The number of rotatable bonds is 10. The van der Waals surface area contributed by atoms with Gasteiger partial charge in [0.15, 0.2) is 17.7 Å². The number of ether oxygens (including phenoxy) is 2. The van der Waals surface area contributed by atoms with E-state index in [4.69, 9.17) is 37.7 Å². The maximum absolute atomic E-state index is 12.3. The lowest BCUT2D eigenvalue weighted by atomic mass is 9.99. The van der Waals surface area contributed by atoms with Crippen LogP contribution in [0.3, 0.4) is 0 Å². The summed E-state index contributed by atoms with van der Waals surface area (Å²) < 4.78 is 12.9. The zero-order chi connectivity index (χ0) is 35.5. The summed E-state index contributed by atoms with van der Waals surface area (Å²) in [6.45, 7) is 4.80. The number of fused-ring (bicyclic) bond motifs is 1. The first-order valence-electron chi connectivity index (χ1n) is 15.8. The second-order valence-electron chi connectivity index (χ2n) is 11.6. The van der Waals surface area contributed by atoms with Crippen molar-refractivity contribution >= 4 is 47.1 Å². The number of benzene rings is 1. The molecule has 258 valence electrons. The summed E-state index contributed by atoms with van der Waals surface area (Å²) in [5.74, 6) is 0.690. The summed E-state index contributed by atoms with van der Waals surface area (Å²) in [6, 6.07) is 12.3. The number of hydrogen-bond donors (Lipinski definition) is 1. The van der Waals surface area contributed by atoms with Crippen LogP contribution in [-0.2, 0) is 11.3 Å². The normalized spacial score (nSPS) is 13.3. The summed E-state index contributed by atoms with van der Waals surface area (Å²) in [5.41, 5.74) is 4.39. The lowest BCUT2D eigenvalue weighted by Gasteiger charge is -2.37. The van der Waals surface area contributed by atoms with Gasteiger partial charge in [0.1, 0.15) is 0 Å². The number of pyridine rings is 3. The Morgan fingerprint density at radius 3 is 2.48 bits per heavy atom. The zero-order valence-corrected chi connectivity index (χ0v) is 29.0. The molecule has 1 fully saturated rings. The number of aldehydes is 1. The van der Waals surface area contributed by atoms with Crippen molar-refractivity contribution in [1.82, 2.24) is 34.4 Å². The molecule has 15 heteroatoms. The first-order chi connectivity index (χ1) is 24.1. The minimum absolute atomic E-state index is 0.0163. The Labute approximate surface area is 297 Å². The molecule has 1 N–H and O–H groups in total. The van der Waals surface area contributed by atoms with Crippen LogP contribution in [0.5, 0.6) is 11.6 Å². The number of carbonyl (C=O) groups is 3. The Hall–Kier alpha value is -5.27. The van der Waals surface area contributed by atoms with E-state index in [9.17, 15) is 19.5 Å². The van der Waals surface area contributed by atoms with E-state index in [1.54, 1.807) is 41.6 Å². The zero-order valence-electron chi connectivity index (χ0n) is 27.5. The van der Waals surface area contributed by atoms with Crippen LogP contribution in [0.15, 0.2) is 54.9 Å². The molecule has 0 aliphatic carbocycles. The summed E-state index contributed by atoms with van der Waals surface area (Å²) >= 11 is 14.1. The van der Waals surface area contributed by atoms with Crippen molar-refractivity contribution in [3.05, 3.63) is 76.3 Å². The molecule has 1 saturated heterocycles. The smallest absolute Gasteiger partial charge is 0.407 e. The van der Waals surface area contributed by atoms with Gasteiger partial charge in [0.2, 0.25) is 17.6 Å². The second kappa shape index (κ2) is 14.7. The van der Waals surface area contributed by atoms with E-state index in [0.717, 1.165) is 0 Å². The van der Waals surface area contributed by atoms with Gasteiger partial charge < -0.3 is 24.4 Å². The van der Waals surface area contributed by atoms with Crippen LogP contribution in [-0.4, -0.2) is 90.6 Å². The number of carboxylic acid groups (broad SMARTS) is 1. The Morgan fingerprint density at radius 2 is 1.80 bits per heavy atom. The van der Waals surface area contributed by atoms with Crippen LogP contribution in [0.4, 0.5) is 4.79 Å². The molecule has 5 heterocycles. The van der Waals surface area contributed by atoms with Crippen molar-refractivity contribution in [3.8, 4) is 45.3 Å². The van der Waals surface area contributed by atoms with Crippen molar-refractivity contribution in [2.75, 3.05) is 26.8 Å². The van der Waals surface area contributed by atoms with E-state index < -0.39 is 6.09 Å². The minimum Gasteiger partial charge on any atom is -0.490 e. The molecule has 0 radical (unpaired) electrons. The van der Waals surface area contributed by atoms with Crippen molar-refractivity contribution in [3.63, 3.8) is 0 Å². The summed E-state index contributed by atoms with van der Waals surface area (Å²) in [5, 5.41) is 15.0. The fourth-order valence-corrected chi connectivity index (χ4v) is 6.80. The number of halogens is 2. The average Bonchev–Trinajstić information content (AvgIpc) is 3.55. The SMILES string of the molecule is CCOc1cc(-c2nccc(-c3cccc(-c4ccc(CN(C(=O)O)C5CCN(C(C)=O)CC5)c(OC)n4)c3Cl)c2Cl)cn2nc(C=O)nc12. The third-order valence-corrected chi connectivity index (χ3v) is 9.41. The molecule has 0 atom stereocenters. The van der Waals surface area contributed by atoms with Crippen molar-refractivity contribution < 1.29 is 29.0 Å². The Morgan fingerprint density at radius 1 is 1.06 bits per heavy atom. The fourth-order valence-electron chi connectivity index (χ4n) is 6.15. The lowest BCUT2D eigenvalue weighted by molar-refractivity contribution is -0.130. The minimum atomic E-state index is -1.05. The third-order valence-electron chi connectivity index (χ3n) is 8.62. The molecule has 1 aliphatic heterocycles. The van der Waals surface area contributed by atoms with E-state index in [-0.39, 0.29) is 30.2 Å². The second-order valence-corrected chi connectivity index (χ2v) is 12.3. The number of nitrogens with zero attached hydrogens (tertiary/aromatic N) is 7. The highest BCUT2D eigenvalue weighted by atomic mass is 35.5. The molecule has 0 saturated carbocycles. The number of hydrogen-bond acceptors (Lipinski definition) is 9. The molecule has 50 heavy (non-hydrogen) atoms. The quantitative estimate of drug-likeness (QED) is 0.158. The number of likely N-dealkylation sites (tertiary alicyclic amines) is 1. The molecular formula is C35H33Cl2N7O6. The van der Waals surface area contributed by atoms with E-state index >= 15 is 0 Å². The predicted molar refractivity (Wildman–Crippen MR) is 187 cm³/mol. The Balaban J connectivity index is 1.32. The van der Waals surface area contributed by atoms with E-state index in [1.165, 1.54) is 23.4 Å². The van der Waals surface area contributed by atoms with Crippen LogP contribution in [0.2, 0.25) is 10.0 Å². The Kier molecular flexibility index (Phi) is 10.2. The highest BCUT2D eigenvalue weighted by Gasteiger charge is 2.30. The van der Waals surface area contributed by atoms with Crippen molar-refractivity contribution in [2.45, 2.75) is 39.3 Å². The van der Waals surface area contributed by atoms with E-state index in [0.29, 0.717) is 99.5 Å². The largest absolute Gasteiger partial charge is 0.490 e. The molecule has 5 aromatic rings. The van der Waals surface area contributed by atoms with Crippen LogP contribution in [0, 0.1) is 0 Å². The van der Waals surface area contributed by atoms with Gasteiger partial charge in [0.05, 0.1) is 41.7 Å². The van der Waals surface area contributed by atoms with Gasteiger partial charge in [0.25, 0.3) is 0 Å². The van der Waals surface area contributed by atoms with Crippen LogP contribution < -0.4 is 9.47 Å². The number of amides is 2. The van der Waals surface area contributed by atoms with Gasteiger partial charge in [0, 0.05) is 66.3 Å². The maximum atomic E-state index is 12.3. The number of methoxy groups -OCH3 is 1. The van der Waals surface area contributed by atoms with Gasteiger partial charge in [-0.25, -0.2) is 19.3 Å². The highest BCUT2D eigenvalue weighted by molar-refractivity contribution is 6.39. The molecule has 6 rings (SSSR count). The molecule has 1 aromatic carbocycles. The molecule has 13 nitrogen and oxygen atoms in total. The van der Waals surface area contributed by atoms with Crippen LogP contribution >= 0.6 is 23.2 Å². The first-order valence-corrected chi connectivity index (χ1v) is 16.6. The monoisotopic (exact) mass is 717 g/mol. The van der Waals surface area contributed by atoms with E-state index in [2.05, 4.69) is 15.1 Å².